The highest BCUT2D eigenvalue weighted by atomic mass is 79.9. The van der Waals surface area contributed by atoms with Gasteiger partial charge >= 0.3 is 0 Å². The standard InChI is InChI=1S/C16H17BrN2O3S/c1-13(20)19(16-10-6-5-9-15(16)17)12-11-18-23(21,22)14-7-3-2-4-8-14/h2-10,18H,11-12H2,1H3. The predicted molar refractivity (Wildman–Crippen MR) is 93.8 cm³/mol. The smallest absolute Gasteiger partial charge is 0.240 e. The van der Waals surface area contributed by atoms with Crippen LogP contribution in [0.1, 0.15) is 6.92 Å². The van der Waals surface area contributed by atoms with E-state index in [4.69, 9.17) is 0 Å². The van der Waals surface area contributed by atoms with Crippen molar-refractivity contribution in [3.63, 3.8) is 0 Å². The van der Waals surface area contributed by atoms with Crippen LogP contribution >= 0.6 is 15.9 Å². The highest BCUT2D eigenvalue weighted by molar-refractivity contribution is 9.10. The zero-order valence-corrected chi connectivity index (χ0v) is 15.0. The van der Waals surface area contributed by atoms with Crippen LogP contribution in [0.2, 0.25) is 0 Å². The Kier molecular flexibility index (Phi) is 5.92. The molecule has 0 saturated heterocycles. The molecule has 0 aliphatic rings. The summed E-state index contributed by atoms with van der Waals surface area (Å²) in [6.07, 6.45) is 0. The lowest BCUT2D eigenvalue weighted by atomic mass is 10.3. The number of hydrogen-bond acceptors (Lipinski definition) is 3. The van der Waals surface area contributed by atoms with Crippen LogP contribution in [0.3, 0.4) is 0 Å². The first-order valence-electron chi connectivity index (χ1n) is 6.99. The molecule has 2 rings (SSSR count). The summed E-state index contributed by atoms with van der Waals surface area (Å²) in [6, 6.07) is 15.4. The molecule has 2 aromatic carbocycles. The first-order valence-corrected chi connectivity index (χ1v) is 9.27. The topological polar surface area (TPSA) is 66.5 Å². The van der Waals surface area contributed by atoms with Crippen molar-refractivity contribution in [1.82, 2.24) is 4.72 Å². The highest BCUT2D eigenvalue weighted by Crippen LogP contribution is 2.25. The Morgan fingerprint density at radius 2 is 1.70 bits per heavy atom. The third kappa shape index (κ3) is 4.63. The molecular formula is C16H17BrN2O3S. The van der Waals surface area contributed by atoms with Crippen molar-refractivity contribution in [2.45, 2.75) is 11.8 Å². The predicted octanol–water partition coefficient (Wildman–Crippen LogP) is 2.78. The maximum atomic E-state index is 12.2. The molecule has 0 bridgehead atoms. The van der Waals surface area contributed by atoms with Gasteiger partial charge in [0.25, 0.3) is 0 Å². The molecule has 0 saturated carbocycles. The number of carbonyl (C=O) groups excluding carboxylic acids is 1. The average molecular weight is 397 g/mol. The van der Waals surface area contributed by atoms with Crippen molar-refractivity contribution in [1.29, 1.82) is 0 Å². The zero-order valence-electron chi connectivity index (χ0n) is 12.6. The summed E-state index contributed by atoms with van der Waals surface area (Å²) in [5.74, 6) is -0.157. The van der Waals surface area contributed by atoms with E-state index in [1.807, 2.05) is 18.2 Å². The molecule has 0 fully saturated rings. The number of para-hydroxylation sites is 1. The normalized spacial score (nSPS) is 11.2. The lowest BCUT2D eigenvalue weighted by molar-refractivity contribution is -0.116. The monoisotopic (exact) mass is 396 g/mol. The van der Waals surface area contributed by atoms with Gasteiger partial charge in [-0.1, -0.05) is 30.3 Å². The van der Waals surface area contributed by atoms with E-state index >= 15 is 0 Å². The Hall–Kier alpha value is -1.70. The number of nitrogens with zero attached hydrogens (tertiary/aromatic N) is 1. The van der Waals surface area contributed by atoms with Gasteiger partial charge in [-0.3, -0.25) is 4.79 Å². The van der Waals surface area contributed by atoms with Crippen LogP contribution < -0.4 is 9.62 Å². The molecule has 5 nitrogen and oxygen atoms in total. The van der Waals surface area contributed by atoms with Crippen molar-refractivity contribution in [2.24, 2.45) is 0 Å². The minimum Gasteiger partial charge on any atom is -0.310 e. The van der Waals surface area contributed by atoms with Crippen LogP contribution in [-0.2, 0) is 14.8 Å². The van der Waals surface area contributed by atoms with Crippen molar-refractivity contribution >= 4 is 37.5 Å². The molecular weight excluding hydrogens is 380 g/mol. The minimum absolute atomic E-state index is 0.123. The lowest BCUT2D eigenvalue weighted by Crippen LogP contribution is -2.37. The Morgan fingerprint density at radius 1 is 1.09 bits per heavy atom. The van der Waals surface area contributed by atoms with Crippen LogP contribution in [-0.4, -0.2) is 27.4 Å². The molecule has 0 heterocycles. The van der Waals surface area contributed by atoms with Gasteiger partial charge in [0.05, 0.1) is 10.6 Å². The summed E-state index contributed by atoms with van der Waals surface area (Å²) >= 11 is 3.40. The maximum Gasteiger partial charge on any atom is 0.240 e. The third-order valence-corrected chi connectivity index (χ3v) is 5.35. The number of nitrogens with one attached hydrogen (secondary N) is 1. The van der Waals surface area contributed by atoms with E-state index in [0.717, 1.165) is 4.47 Å². The Balaban J connectivity index is 2.06. The van der Waals surface area contributed by atoms with E-state index in [9.17, 15) is 13.2 Å². The molecule has 122 valence electrons. The molecule has 0 radical (unpaired) electrons. The second kappa shape index (κ2) is 7.72. The van der Waals surface area contributed by atoms with E-state index in [1.54, 1.807) is 24.3 Å². The van der Waals surface area contributed by atoms with Crippen LogP contribution in [0.4, 0.5) is 5.69 Å². The van der Waals surface area contributed by atoms with Crippen LogP contribution in [0.5, 0.6) is 0 Å². The minimum atomic E-state index is -3.57. The molecule has 0 aliphatic carbocycles. The number of halogens is 1. The summed E-state index contributed by atoms with van der Waals surface area (Å²) < 4.78 is 27.6. The Morgan fingerprint density at radius 3 is 2.30 bits per heavy atom. The number of carbonyl (C=O) groups is 1. The van der Waals surface area contributed by atoms with Gasteiger partial charge in [-0.15, -0.1) is 0 Å². The number of hydrogen-bond donors (Lipinski definition) is 1. The highest BCUT2D eigenvalue weighted by Gasteiger charge is 2.17. The molecule has 0 aliphatic heterocycles. The number of sulfonamides is 1. The van der Waals surface area contributed by atoms with Gasteiger partial charge in [0, 0.05) is 24.5 Å². The average Bonchev–Trinajstić information content (AvgIpc) is 2.53. The summed E-state index contributed by atoms with van der Waals surface area (Å²) in [7, 11) is -3.57. The summed E-state index contributed by atoms with van der Waals surface area (Å²) in [6.45, 7) is 1.81. The number of anilines is 1. The quantitative estimate of drug-likeness (QED) is 0.815. The Labute approximate surface area is 144 Å². The first kappa shape index (κ1) is 17.7. The lowest BCUT2D eigenvalue weighted by Gasteiger charge is -2.22. The van der Waals surface area contributed by atoms with E-state index in [0.29, 0.717) is 5.69 Å². The number of benzene rings is 2. The number of amides is 1. The van der Waals surface area contributed by atoms with Crippen LogP contribution in [0, 0.1) is 0 Å². The summed E-state index contributed by atoms with van der Waals surface area (Å²) in [4.78, 5) is 13.6. The van der Waals surface area contributed by atoms with E-state index < -0.39 is 10.0 Å². The van der Waals surface area contributed by atoms with Gasteiger partial charge < -0.3 is 4.90 Å². The largest absolute Gasteiger partial charge is 0.310 e. The van der Waals surface area contributed by atoms with Gasteiger partial charge in [-0.05, 0) is 40.2 Å². The molecule has 0 aromatic heterocycles. The van der Waals surface area contributed by atoms with E-state index in [-0.39, 0.29) is 23.9 Å². The van der Waals surface area contributed by atoms with Crippen molar-refractivity contribution in [3.8, 4) is 0 Å². The zero-order chi connectivity index (χ0) is 16.9. The third-order valence-electron chi connectivity index (χ3n) is 3.20. The van der Waals surface area contributed by atoms with Crippen molar-refractivity contribution in [2.75, 3.05) is 18.0 Å². The van der Waals surface area contributed by atoms with Crippen molar-refractivity contribution < 1.29 is 13.2 Å². The Bertz CT molecular complexity index is 779. The summed E-state index contributed by atoms with van der Waals surface area (Å²) in [5.41, 5.74) is 0.707. The van der Waals surface area contributed by atoms with E-state index in [2.05, 4.69) is 20.7 Å². The van der Waals surface area contributed by atoms with Gasteiger partial charge in [-0.2, -0.15) is 0 Å². The fourth-order valence-corrected chi connectivity index (χ4v) is 3.63. The fourth-order valence-electron chi connectivity index (χ4n) is 2.09. The molecule has 1 N–H and O–H groups in total. The van der Waals surface area contributed by atoms with Gasteiger partial charge in [0.2, 0.25) is 15.9 Å². The second-order valence-corrected chi connectivity index (χ2v) is 7.45. The second-order valence-electron chi connectivity index (χ2n) is 4.83. The van der Waals surface area contributed by atoms with Crippen molar-refractivity contribution in [3.05, 3.63) is 59.1 Å². The molecule has 0 spiro atoms. The van der Waals surface area contributed by atoms with Gasteiger partial charge in [-0.25, -0.2) is 13.1 Å². The van der Waals surface area contributed by atoms with Crippen LogP contribution in [0.15, 0.2) is 64.0 Å². The van der Waals surface area contributed by atoms with Gasteiger partial charge in [0.1, 0.15) is 0 Å². The van der Waals surface area contributed by atoms with Crippen LogP contribution in [0.25, 0.3) is 0 Å². The van der Waals surface area contributed by atoms with Gasteiger partial charge in [0.15, 0.2) is 0 Å². The number of rotatable bonds is 6. The molecule has 0 unspecified atom stereocenters. The fraction of sp³-hybridized carbons (Fsp3) is 0.188. The molecule has 23 heavy (non-hydrogen) atoms. The maximum absolute atomic E-state index is 12.2. The molecule has 0 atom stereocenters. The SMILES string of the molecule is CC(=O)N(CCNS(=O)(=O)c1ccccc1)c1ccccc1Br. The first-order chi connectivity index (χ1) is 10.9. The summed E-state index contributed by atoms with van der Waals surface area (Å²) in [5, 5.41) is 0. The molecule has 1 amide bonds. The molecule has 2 aromatic rings. The molecule has 7 heteroatoms. The van der Waals surface area contributed by atoms with E-state index in [1.165, 1.54) is 24.0 Å².